The number of carbonyl (C=O) groups is 1. The van der Waals surface area contributed by atoms with Gasteiger partial charge in [0.2, 0.25) is 17.0 Å². The second kappa shape index (κ2) is 7.53. The number of hydrogen-bond acceptors (Lipinski definition) is 4. The van der Waals surface area contributed by atoms with Crippen LogP contribution in [0.25, 0.3) is 22.3 Å². The van der Waals surface area contributed by atoms with Crippen molar-refractivity contribution < 1.29 is 13.9 Å². The van der Waals surface area contributed by atoms with Crippen molar-refractivity contribution in [1.82, 2.24) is 0 Å². The molecule has 0 radical (unpaired) electrons. The lowest BCUT2D eigenvalue weighted by molar-refractivity contribution is 0.0815. The van der Waals surface area contributed by atoms with Crippen LogP contribution in [0, 0.1) is 0 Å². The van der Waals surface area contributed by atoms with E-state index in [1.807, 2.05) is 42.5 Å². The first-order valence-electron chi connectivity index (χ1n) is 9.02. The standard InChI is InChI=1S/C24H18O4/c1-16(21(25)17-10-4-2-5-11-17)27-24-22(26)19-14-8-9-15-20(19)28-23(24)18-12-6-3-7-13-18/h2-16H,1H3. The molecule has 1 atom stereocenters. The maximum atomic E-state index is 13.1. The van der Waals surface area contributed by atoms with Crippen molar-refractivity contribution >= 4 is 16.8 Å². The van der Waals surface area contributed by atoms with Gasteiger partial charge in [-0.25, -0.2) is 0 Å². The Morgan fingerprint density at radius 2 is 1.46 bits per heavy atom. The smallest absolute Gasteiger partial charge is 0.235 e. The van der Waals surface area contributed by atoms with Gasteiger partial charge in [0.25, 0.3) is 0 Å². The molecule has 3 aromatic carbocycles. The molecule has 0 aliphatic carbocycles. The number of ketones is 1. The van der Waals surface area contributed by atoms with Crippen LogP contribution in [-0.2, 0) is 0 Å². The fourth-order valence-electron chi connectivity index (χ4n) is 3.08. The lowest BCUT2D eigenvalue weighted by atomic mass is 10.1. The van der Waals surface area contributed by atoms with Crippen molar-refractivity contribution in [1.29, 1.82) is 0 Å². The van der Waals surface area contributed by atoms with Gasteiger partial charge in [-0.2, -0.15) is 0 Å². The minimum atomic E-state index is -0.839. The molecule has 4 aromatic rings. The van der Waals surface area contributed by atoms with Gasteiger partial charge >= 0.3 is 0 Å². The lowest BCUT2D eigenvalue weighted by Gasteiger charge is -2.16. The van der Waals surface area contributed by atoms with Gasteiger partial charge in [0, 0.05) is 11.1 Å². The van der Waals surface area contributed by atoms with Crippen LogP contribution in [0.2, 0.25) is 0 Å². The van der Waals surface area contributed by atoms with Crippen LogP contribution in [0.1, 0.15) is 17.3 Å². The van der Waals surface area contributed by atoms with E-state index < -0.39 is 6.10 Å². The normalized spacial score (nSPS) is 11.9. The number of hydrogen-bond donors (Lipinski definition) is 0. The first-order chi connectivity index (χ1) is 13.6. The second-order valence-electron chi connectivity index (χ2n) is 6.44. The van der Waals surface area contributed by atoms with Crippen LogP contribution in [0.5, 0.6) is 5.75 Å². The third kappa shape index (κ3) is 3.32. The van der Waals surface area contributed by atoms with E-state index in [-0.39, 0.29) is 17.0 Å². The van der Waals surface area contributed by atoms with Crippen molar-refractivity contribution in [2.24, 2.45) is 0 Å². The first kappa shape index (κ1) is 17.7. The second-order valence-corrected chi connectivity index (χ2v) is 6.44. The predicted molar refractivity (Wildman–Crippen MR) is 109 cm³/mol. The van der Waals surface area contributed by atoms with Gasteiger partial charge in [0.1, 0.15) is 5.58 Å². The average molecular weight is 370 g/mol. The van der Waals surface area contributed by atoms with Gasteiger partial charge in [0.05, 0.1) is 5.39 Å². The number of carbonyl (C=O) groups excluding carboxylic acids is 1. The Balaban J connectivity index is 1.82. The topological polar surface area (TPSA) is 56.5 Å². The number of para-hydroxylation sites is 1. The highest BCUT2D eigenvalue weighted by Crippen LogP contribution is 2.31. The molecule has 1 heterocycles. The number of rotatable bonds is 5. The maximum absolute atomic E-state index is 13.1. The van der Waals surface area contributed by atoms with Crippen molar-refractivity contribution in [3.05, 3.63) is 101 Å². The van der Waals surface area contributed by atoms with Gasteiger partial charge in [-0.3, -0.25) is 9.59 Å². The summed E-state index contributed by atoms with van der Waals surface area (Å²) in [5, 5.41) is 0.413. The largest absolute Gasteiger partial charge is 0.475 e. The van der Waals surface area contributed by atoms with Crippen LogP contribution < -0.4 is 10.2 Å². The van der Waals surface area contributed by atoms with Crippen molar-refractivity contribution in [3.63, 3.8) is 0 Å². The summed E-state index contributed by atoms with van der Waals surface area (Å²) in [7, 11) is 0. The SMILES string of the molecule is CC(Oc1c(-c2ccccc2)oc2ccccc2c1=O)C(=O)c1ccccc1. The van der Waals surface area contributed by atoms with Crippen molar-refractivity contribution in [2.45, 2.75) is 13.0 Å². The van der Waals surface area contributed by atoms with Crippen LogP contribution >= 0.6 is 0 Å². The number of ether oxygens (including phenoxy) is 1. The summed E-state index contributed by atoms with van der Waals surface area (Å²) in [6, 6.07) is 25.1. The molecule has 0 saturated carbocycles. The maximum Gasteiger partial charge on any atom is 0.235 e. The molecule has 4 nitrogen and oxygen atoms in total. The van der Waals surface area contributed by atoms with Crippen molar-refractivity contribution in [3.8, 4) is 17.1 Å². The molecule has 0 N–H and O–H groups in total. The molecule has 0 spiro atoms. The molecule has 0 aliphatic rings. The number of Topliss-reactive ketones (excluding diaryl/α,β-unsaturated/α-hetero) is 1. The minimum Gasteiger partial charge on any atom is -0.475 e. The molecule has 1 unspecified atom stereocenters. The van der Waals surface area contributed by atoms with Crippen LogP contribution in [0.3, 0.4) is 0 Å². The predicted octanol–water partition coefficient (Wildman–Crippen LogP) is 5.11. The van der Waals surface area contributed by atoms with Crippen LogP contribution in [0.15, 0.2) is 94.1 Å². The molecule has 4 heteroatoms. The summed E-state index contributed by atoms with van der Waals surface area (Å²) in [6.07, 6.45) is -0.839. The minimum absolute atomic E-state index is 0.0432. The van der Waals surface area contributed by atoms with Crippen molar-refractivity contribution in [2.75, 3.05) is 0 Å². The van der Waals surface area contributed by atoms with Gasteiger partial charge in [-0.1, -0.05) is 72.8 Å². The third-order valence-corrected chi connectivity index (χ3v) is 4.51. The molecule has 0 bridgehead atoms. The summed E-state index contributed by atoms with van der Waals surface area (Å²) in [5.41, 5.74) is 1.41. The zero-order chi connectivity index (χ0) is 19.5. The molecular weight excluding hydrogens is 352 g/mol. The molecular formula is C24H18O4. The molecule has 0 saturated heterocycles. The number of fused-ring (bicyclic) bond motifs is 1. The number of benzene rings is 3. The van der Waals surface area contributed by atoms with Gasteiger partial charge in [-0.05, 0) is 19.1 Å². The summed E-state index contributed by atoms with van der Waals surface area (Å²) >= 11 is 0. The fraction of sp³-hybridized carbons (Fsp3) is 0.0833. The van der Waals surface area contributed by atoms with E-state index in [2.05, 4.69) is 0 Å². The van der Waals surface area contributed by atoms with Gasteiger partial charge < -0.3 is 9.15 Å². The van der Waals surface area contributed by atoms with E-state index in [1.54, 1.807) is 49.4 Å². The molecule has 1 aromatic heterocycles. The van der Waals surface area contributed by atoms with Gasteiger partial charge in [-0.15, -0.1) is 0 Å². The first-order valence-corrected chi connectivity index (χ1v) is 9.02. The summed E-state index contributed by atoms with van der Waals surface area (Å²) in [4.78, 5) is 25.8. The summed E-state index contributed by atoms with van der Waals surface area (Å²) in [5.74, 6) is 0.158. The zero-order valence-corrected chi connectivity index (χ0v) is 15.3. The Morgan fingerprint density at radius 3 is 2.18 bits per heavy atom. The monoisotopic (exact) mass is 370 g/mol. The highest BCUT2D eigenvalue weighted by atomic mass is 16.5. The molecule has 4 rings (SSSR count). The van der Waals surface area contributed by atoms with Crippen LogP contribution in [-0.4, -0.2) is 11.9 Å². The van der Waals surface area contributed by atoms with E-state index >= 15 is 0 Å². The zero-order valence-electron chi connectivity index (χ0n) is 15.3. The Labute approximate surface area is 162 Å². The highest BCUT2D eigenvalue weighted by Gasteiger charge is 2.23. The van der Waals surface area contributed by atoms with E-state index in [0.717, 1.165) is 0 Å². The van der Waals surface area contributed by atoms with E-state index in [9.17, 15) is 9.59 Å². The van der Waals surface area contributed by atoms with E-state index in [0.29, 0.717) is 27.9 Å². The molecule has 138 valence electrons. The molecule has 28 heavy (non-hydrogen) atoms. The van der Waals surface area contributed by atoms with Crippen LogP contribution in [0.4, 0.5) is 0 Å². The van der Waals surface area contributed by atoms with Gasteiger partial charge in [0.15, 0.2) is 11.9 Å². The fourth-order valence-corrected chi connectivity index (χ4v) is 3.08. The quantitative estimate of drug-likeness (QED) is 0.458. The molecule has 0 fully saturated rings. The summed E-state index contributed by atoms with van der Waals surface area (Å²) < 4.78 is 11.9. The Hall–Kier alpha value is -3.66. The average Bonchev–Trinajstić information content (AvgIpc) is 2.76. The van der Waals surface area contributed by atoms with E-state index in [1.165, 1.54) is 0 Å². The molecule has 0 aliphatic heterocycles. The Bertz CT molecular complexity index is 1180. The molecule has 0 amide bonds. The highest BCUT2D eigenvalue weighted by molar-refractivity contribution is 5.99. The lowest BCUT2D eigenvalue weighted by Crippen LogP contribution is -2.26. The summed E-state index contributed by atoms with van der Waals surface area (Å²) in [6.45, 7) is 1.64. The Morgan fingerprint density at radius 1 is 0.857 bits per heavy atom. The Kier molecular flexibility index (Phi) is 4.77. The third-order valence-electron chi connectivity index (χ3n) is 4.51. The van der Waals surface area contributed by atoms with E-state index in [4.69, 9.17) is 9.15 Å².